The first-order valence-corrected chi connectivity index (χ1v) is 8.15. The van der Waals surface area contributed by atoms with Crippen LogP contribution in [0.2, 0.25) is 10.0 Å². The molecule has 2 aromatic rings. The van der Waals surface area contributed by atoms with E-state index in [1.165, 1.54) is 11.8 Å². The number of ketones is 1. The Bertz CT molecular complexity index is 651. The van der Waals surface area contributed by atoms with Gasteiger partial charge < -0.3 is 5.32 Å². The molecule has 0 bridgehead atoms. The first kappa shape index (κ1) is 16.0. The summed E-state index contributed by atoms with van der Waals surface area (Å²) >= 11 is 13.1. The number of anilines is 1. The summed E-state index contributed by atoms with van der Waals surface area (Å²) in [5, 5.41) is 5.23. The average molecular weight is 338 g/mol. The maximum Gasteiger partial charge on any atom is 0.188 e. The molecule has 2 nitrogen and oxygen atoms in total. The molecule has 0 amide bonds. The maximum absolute atomic E-state index is 12.2. The lowest BCUT2D eigenvalue weighted by Gasteiger charge is -2.08. The van der Waals surface area contributed by atoms with Crippen molar-refractivity contribution in [3.8, 4) is 0 Å². The number of halogens is 2. The standard InChI is InChI=1S/C16H13Cl2NOS/c1-21-16(19-14-8-6-13(18)7-9-14)10-15(20)11-2-4-12(17)5-3-11/h2-10,19H,1H3/b16-10+. The van der Waals surface area contributed by atoms with E-state index in [0.717, 1.165) is 10.7 Å². The van der Waals surface area contributed by atoms with Crippen molar-refractivity contribution < 1.29 is 4.79 Å². The quantitative estimate of drug-likeness (QED) is 0.577. The lowest BCUT2D eigenvalue weighted by molar-refractivity contribution is 0.104. The van der Waals surface area contributed by atoms with Crippen LogP contribution in [0.4, 0.5) is 5.69 Å². The third-order valence-corrected chi connectivity index (χ3v) is 3.89. The van der Waals surface area contributed by atoms with E-state index >= 15 is 0 Å². The van der Waals surface area contributed by atoms with E-state index in [-0.39, 0.29) is 5.78 Å². The number of rotatable bonds is 5. The molecule has 0 aliphatic carbocycles. The van der Waals surface area contributed by atoms with E-state index in [0.29, 0.717) is 15.6 Å². The molecule has 0 saturated carbocycles. The molecule has 2 rings (SSSR count). The Hall–Kier alpha value is -1.42. The predicted molar refractivity (Wildman–Crippen MR) is 92.5 cm³/mol. The molecule has 0 saturated heterocycles. The van der Waals surface area contributed by atoms with Gasteiger partial charge in [0.05, 0.1) is 5.03 Å². The number of allylic oxidation sites excluding steroid dienone is 1. The zero-order valence-corrected chi connectivity index (χ0v) is 13.6. The molecule has 108 valence electrons. The summed E-state index contributed by atoms with van der Waals surface area (Å²) < 4.78 is 0. The molecule has 21 heavy (non-hydrogen) atoms. The van der Waals surface area contributed by atoms with Crippen molar-refractivity contribution in [2.75, 3.05) is 11.6 Å². The summed E-state index contributed by atoms with van der Waals surface area (Å²) in [4.78, 5) is 12.2. The molecular weight excluding hydrogens is 325 g/mol. The van der Waals surface area contributed by atoms with Crippen molar-refractivity contribution in [2.45, 2.75) is 0 Å². The largest absolute Gasteiger partial charge is 0.350 e. The normalized spacial score (nSPS) is 11.3. The van der Waals surface area contributed by atoms with Gasteiger partial charge in [-0.25, -0.2) is 0 Å². The van der Waals surface area contributed by atoms with E-state index in [2.05, 4.69) is 5.32 Å². The van der Waals surface area contributed by atoms with Crippen molar-refractivity contribution in [1.82, 2.24) is 0 Å². The molecule has 0 aromatic heterocycles. The van der Waals surface area contributed by atoms with Gasteiger partial charge in [-0.05, 0) is 54.8 Å². The molecule has 0 heterocycles. The molecule has 5 heteroatoms. The average Bonchev–Trinajstić information content (AvgIpc) is 2.49. The minimum atomic E-state index is -0.0718. The highest BCUT2D eigenvalue weighted by molar-refractivity contribution is 8.02. The Morgan fingerprint density at radius 2 is 1.52 bits per heavy atom. The van der Waals surface area contributed by atoms with E-state index in [9.17, 15) is 4.79 Å². The van der Waals surface area contributed by atoms with Crippen molar-refractivity contribution in [1.29, 1.82) is 0 Å². The number of thioether (sulfide) groups is 1. The zero-order valence-electron chi connectivity index (χ0n) is 11.3. The number of carbonyl (C=O) groups excluding carboxylic acids is 1. The second-order valence-electron chi connectivity index (χ2n) is 4.22. The number of carbonyl (C=O) groups is 1. The number of benzene rings is 2. The van der Waals surface area contributed by atoms with Gasteiger partial charge in [0, 0.05) is 27.4 Å². The molecular formula is C16H13Cl2NOS. The van der Waals surface area contributed by atoms with Crippen LogP contribution in [0.25, 0.3) is 0 Å². The van der Waals surface area contributed by atoms with Crippen molar-refractivity contribution in [2.24, 2.45) is 0 Å². The highest BCUT2D eigenvalue weighted by atomic mass is 35.5. The number of hydrogen-bond acceptors (Lipinski definition) is 3. The molecule has 0 unspecified atom stereocenters. The van der Waals surface area contributed by atoms with Crippen LogP contribution >= 0.6 is 35.0 Å². The molecule has 0 atom stereocenters. The second-order valence-corrected chi connectivity index (χ2v) is 5.94. The lowest BCUT2D eigenvalue weighted by Crippen LogP contribution is -2.01. The summed E-state index contributed by atoms with van der Waals surface area (Å²) in [7, 11) is 0. The Morgan fingerprint density at radius 1 is 1.00 bits per heavy atom. The molecule has 1 N–H and O–H groups in total. The van der Waals surface area contributed by atoms with Gasteiger partial charge in [-0.2, -0.15) is 0 Å². The van der Waals surface area contributed by atoms with Crippen molar-refractivity contribution >= 4 is 46.4 Å². The summed E-state index contributed by atoms with van der Waals surface area (Å²) in [6.07, 6.45) is 3.48. The number of nitrogens with one attached hydrogen (secondary N) is 1. The Balaban J connectivity index is 2.14. The van der Waals surface area contributed by atoms with E-state index < -0.39 is 0 Å². The minimum absolute atomic E-state index is 0.0718. The second kappa shape index (κ2) is 7.55. The lowest BCUT2D eigenvalue weighted by atomic mass is 10.1. The highest BCUT2D eigenvalue weighted by Gasteiger charge is 2.05. The van der Waals surface area contributed by atoms with Gasteiger partial charge in [-0.1, -0.05) is 23.2 Å². The van der Waals surface area contributed by atoms with Gasteiger partial charge in [-0.15, -0.1) is 11.8 Å². The van der Waals surface area contributed by atoms with Gasteiger partial charge in [-0.3, -0.25) is 4.79 Å². The fourth-order valence-electron chi connectivity index (χ4n) is 1.64. The molecule has 0 spiro atoms. The molecule has 0 fully saturated rings. The Labute approximate surface area is 138 Å². The molecule has 0 aliphatic rings. The van der Waals surface area contributed by atoms with Crippen LogP contribution in [0.1, 0.15) is 10.4 Å². The summed E-state index contributed by atoms with van der Waals surface area (Å²) in [5.41, 5.74) is 1.48. The van der Waals surface area contributed by atoms with E-state index in [1.54, 1.807) is 42.5 Å². The molecule has 2 aromatic carbocycles. The maximum atomic E-state index is 12.2. The van der Waals surface area contributed by atoms with Crippen LogP contribution in [0.15, 0.2) is 59.6 Å². The fraction of sp³-hybridized carbons (Fsp3) is 0.0625. The van der Waals surface area contributed by atoms with Crippen LogP contribution in [0.3, 0.4) is 0 Å². The van der Waals surface area contributed by atoms with E-state index in [1.807, 2.05) is 18.4 Å². The van der Waals surface area contributed by atoms with Crippen LogP contribution < -0.4 is 5.32 Å². The predicted octanol–water partition coefficient (Wildman–Crippen LogP) is 5.49. The minimum Gasteiger partial charge on any atom is -0.350 e. The Kier molecular flexibility index (Phi) is 5.74. The summed E-state index contributed by atoms with van der Waals surface area (Å²) in [6.45, 7) is 0. The first-order valence-electron chi connectivity index (χ1n) is 6.16. The van der Waals surface area contributed by atoms with E-state index in [4.69, 9.17) is 23.2 Å². The topological polar surface area (TPSA) is 29.1 Å². The monoisotopic (exact) mass is 337 g/mol. The highest BCUT2D eigenvalue weighted by Crippen LogP contribution is 2.20. The molecule has 0 radical (unpaired) electrons. The SMILES string of the molecule is CS/C(=C/C(=O)c1ccc(Cl)cc1)Nc1ccc(Cl)cc1. The third kappa shape index (κ3) is 4.81. The van der Waals surface area contributed by atoms with Gasteiger partial charge in [0.1, 0.15) is 0 Å². The first-order chi connectivity index (χ1) is 10.1. The summed E-state index contributed by atoms with van der Waals surface area (Å²) in [6, 6.07) is 14.1. The Morgan fingerprint density at radius 3 is 2.05 bits per heavy atom. The van der Waals surface area contributed by atoms with Crippen molar-refractivity contribution in [3.05, 3.63) is 75.2 Å². The smallest absolute Gasteiger partial charge is 0.188 e. The fourth-order valence-corrected chi connectivity index (χ4v) is 2.33. The van der Waals surface area contributed by atoms with Crippen LogP contribution in [0, 0.1) is 0 Å². The van der Waals surface area contributed by atoms with Crippen LogP contribution in [0.5, 0.6) is 0 Å². The van der Waals surface area contributed by atoms with Gasteiger partial charge in [0.15, 0.2) is 5.78 Å². The third-order valence-electron chi connectivity index (χ3n) is 2.72. The van der Waals surface area contributed by atoms with Gasteiger partial charge in [0.25, 0.3) is 0 Å². The molecule has 0 aliphatic heterocycles. The van der Waals surface area contributed by atoms with Gasteiger partial charge >= 0.3 is 0 Å². The number of hydrogen-bond donors (Lipinski definition) is 1. The zero-order chi connectivity index (χ0) is 15.2. The van der Waals surface area contributed by atoms with Crippen molar-refractivity contribution in [3.63, 3.8) is 0 Å². The summed E-state index contributed by atoms with van der Waals surface area (Å²) in [5.74, 6) is -0.0718. The van der Waals surface area contributed by atoms with Gasteiger partial charge in [0.2, 0.25) is 0 Å². The van der Waals surface area contributed by atoms with Crippen LogP contribution in [-0.4, -0.2) is 12.0 Å². The van der Waals surface area contributed by atoms with Crippen LogP contribution in [-0.2, 0) is 0 Å².